The fourth-order valence-electron chi connectivity index (χ4n) is 8.11. The lowest BCUT2D eigenvalue weighted by molar-refractivity contribution is 1.29. The molecule has 0 aliphatic carbocycles. The monoisotopic (exact) mass is 709 g/mol. The van der Waals surface area contributed by atoms with Gasteiger partial charge in [-0.1, -0.05) is 146 Å². The van der Waals surface area contributed by atoms with Gasteiger partial charge in [0.15, 0.2) is 0 Å². The first kappa shape index (κ1) is 30.4. The van der Waals surface area contributed by atoms with Gasteiger partial charge in [0, 0.05) is 57.4 Å². The maximum Gasteiger partial charge on any atom is 0.0476 e. The van der Waals surface area contributed by atoms with Crippen molar-refractivity contribution in [3.63, 3.8) is 0 Å². The minimum Gasteiger partial charge on any atom is -0.310 e. The number of thiophene rings is 2. The van der Waals surface area contributed by atoms with Crippen LogP contribution in [0, 0.1) is 0 Å². The summed E-state index contributed by atoms with van der Waals surface area (Å²) in [4.78, 5) is 2.40. The zero-order valence-electron chi connectivity index (χ0n) is 28.7. The molecule has 0 unspecified atom stereocenters. The first-order valence-electron chi connectivity index (χ1n) is 18.0. The molecule has 0 saturated heterocycles. The van der Waals surface area contributed by atoms with Crippen molar-refractivity contribution in [1.29, 1.82) is 0 Å². The second-order valence-electron chi connectivity index (χ2n) is 13.7. The van der Waals surface area contributed by atoms with Gasteiger partial charge in [0.1, 0.15) is 0 Å². The van der Waals surface area contributed by atoms with Crippen LogP contribution in [0.2, 0.25) is 0 Å². The average molecular weight is 710 g/mol. The van der Waals surface area contributed by atoms with Crippen LogP contribution in [-0.2, 0) is 0 Å². The Labute approximate surface area is 315 Å². The van der Waals surface area contributed by atoms with Crippen molar-refractivity contribution < 1.29 is 0 Å². The van der Waals surface area contributed by atoms with Gasteiger partial charge in [-0.2, -0.15) is 0 Å². The predicted octanol–water partition coefficient (Wildman–Crippen LogP) is 15.5. The van der Waals surface area contributed by atoms with Gasteiger partial charge in [-0.15, -0.1) is 22.7 Å². The minimum absolute atomic E-state index is 1.13. The maximum absolute atomic E-state index is 2.40. The molecule has 0 aliphatic rings. The third-order valence-corrected chi connectivity index (χ3v) is 13.1. The van der Waals surface area contributed by atoms with E-state index >= 15 is 0 Å². The molecule has 3 heteroatoms. The SMILES string of the molecule is c1ccc2c(-c3ccc(N(c4ccc(-c5cccc6c5sc5c7ccccc7ccc65)cc4)c4ccc5c(c4)sc4ccccc45)cc3)cccc2c1. The van der Waals surface area contributed by atoms with E-state index in [2.05, 4.69) is 193 Å². The van der Waals surface area contributed by atoms with E-state index in [0.717, 1.165) is 17.1 Å². The summed E-state index contributed by atoms with van der Waals surface area (Å²) in [6.07, 6.45) is 0. The number of rotatable bonds is 5. The van der Waals surface area contributed by atoms with Gasteiger partial charge >= 0.3 is 0 Å². The summed E-state index contributed by atoms with van der Waals surface area (Å²) in [7, 11) is 0. The molecule has 11 aromatic rings. The molecule has 53 heavy (non-hydrogen) atoms. The van der Waals surface area contributed by atoms with Gasteiger partial charge in [0.05, 0.1) is 0 Å². The summed E-state index contributed by atoms with van der Waals surface area (Å²) in [5.74, 6) is 0. The lowest BCUT2D eigenvalue weighted by Crippen LogP contribution is -2.09. The van der Waals surface area contributed by atoms with Gasteiger partial charge in [0.25, 0.3) is 0 Å². The highest BCUT2D eigenvalue weighted by atomic mass is 32.1. The molecule has 0 radical (unpaired) electrons. The zero-order valence-corrected chi connectivity index (χ0v) is 30.3. The van der Waals surface area contributed by atoms with Crippen LogP contribution in [0.1, 0.15) is 0 Å². The lowest BCUT2D eigenvalue weighted by atomic mass is 9.98. The molecular weight excluding hydrogens is 679 g/mol. The third kappa shape index (κ3) is 4.97. The molecule has 0 atom stereocenters. The fourth-order valence-corrected chi connectivity index (χ4v) is 10.6. The molecule has 0 fully saturated rings. The van der Waals surface area contributed by atoms with Crippen LogP contribution in [0.15, 0.2) is 188 Å². The van der Waals surface area contributed by atoms with Crippen molar-refractivity contribution in [2.45, 2.75) is 0 Å². The maximum atomic E-state index is 2.40. The Morgan fingerprint density at radius 2 is 0.830 bits per heavy atom. The van der Waals surface area contributed by atoms with E-state index in [4.69, 9.17) is 0 Å². The standard InChI is InChI=1S/C50H31NS2/c1-3-12-39-32(9-1)11-7-15-40(39)34-19-24-36(25-20-34)51(38-28-30-44-43-14-5-6-18-47(43)52-48(44)31-38)37-26-21-35(22-27-37)42-16-8-17-45-46-29-23-33-10-2-4-13-41(33)50(46)53-49(42)45/h1-31H. The highest BCUT2D eigenvalue weighted by molar-refractivity contribution is 7.27. The Hall–Kier alpha value is -6.26. The van der Waals surface area contributed by atoms with E-state index in [1.54, 1.807) is 0 Å². The van der Waals surface area contributed by atoms with E-state index in [1.165, 1.54) is 84.1 Å². The van der Waals surface area contributed by atoms with E-state index in [1.807, 2.05) is 22.7 Å². The molecule has 0 aliphatic heterocycles. The van der Waals surface area contributed by atoms with Gasteiger partial charge in [-0.3, -0.25) is 0 Å². The van der Waals surface area contributed by atoms with E-state index in [0.29, 0.717) is 0 Å². The molecule has 0 bridgehead atoms. The molecule has 1 nitrogen and oxygen atoms in total. The molecule has 0 saturated carbocycles. The molecule has 0 spiro atoms. The number of anilines is 3. The highest BCUT2D eigenvalue weighted by Crippen LogP contribution is 2.45. The second kappa shape index (κ2) is 12.2. The van der Waals surface area contributed by atoms with Crippen molar-refractivity contribution in [3.8, 4) is 22.3 Å². The smallest absolute Gasteiger partial charge is 0.0476 e. The van der Waals surface area contributed by atoms with Crippen LogP contribution in [0.25, 0.3) is 84.1 Å². The largest absolute Gasteiger partial charge is 0.310 e. The van der Waals surface area contributed by atoms with E-state index < -0.39 is 0 Å². The summed E-state index contributed by atoms with van der Waals surface area (Å²) in [5, 5.41) is 10.4. The molecule has 9 aromatic carbocycles. The average Bonchev–Trinajstić information content (AvgIpc) is 3.80. The second-order valence-corrected chi connectivity index (χ2v) is 15.8. The summed E-state index contributed by atoms with van der Waals surface area (Å²) in [6, 6.07) is 69.1. The van der Waals surface area contributed by atoms with Crippen LogP contribution >= 0.6 is 22.7 Å². The number of hydrogen-bond donors (Lipinski definition) is 0. The van der Waals surface area contributed by atoms with E-state index in [9.17, 15) is 0 Å². The highest BCUT2D eigenvalue weighted by Gasteiger charge is 2.17. The topological polar surface area (TPSA) is 3.24 Å². The minimum atomic E-state index is 1.13. The van der Waals surface area contributed by atoms with Crippen molar-refractivity contribution in [2.75, 3.05) is 4.90 Å². The summed E-state index contributed by atoms with van der Waals surface area (Å²) in [5.41, 5.74) is 8.36. The molecule has 0 amide bonds. The van der Waals surface area contributed by atoms with Gasteiger partial charge in [-0.05, 0) is 86.3 Å². The molecular formula is C50H31NS2. The molecule has 11 rings (SSSR count). The Balaban J connectivity index is 1.03. The number of benzene rings is 9. The number of fused-ring (bicyclic) bond motifs is 9. The Kier molecular flexibility index (Phi) is 6.97. The van der Waals surface area contributed by atoms with Crippen LogP contribution < -0.4 is 4.90 Å². The lowest BCUT2D eigenvalue weighted by Gasteiger charge is -2.26. The van der Waals surface area contributed by atoms with Crippen LogP contribution in [-0.4, -0.2) is 0 Å². The molecule has 2 aromatic heterocycles. The summed E-state index contributed by atoms with van der Waals surface area (Å²) >= 11 is 3.77. The van der Waals surface area contributed by atoms with Gasteiger partial charge < -0.3 is 4.90 Å². The molecule has 248 valence electrons. The number of hydrogen-bond acceptors (Lipinski definition) is 3. The van der Waals surface area contributed by atoms with Gasteiger partial charge in [-0.25, -0.2) is 0 Å². The predicted molar refractivity (Wildman–Crippen MR) is 233 cm³/mol. The Morgan fingerprint density at radius 1 is 0.302 bits per heavy atom. The fraction of sp³-hybridized carbons (Fsp3) is 0. The Morgan fingerprint density at radius 3 is 1.62 bits per heavy atom. The van der Waals surface area contributed by atoms with Gasteiger partial charge in [0.2, 0.25) is 0 Å². The molecule has 0 N–H and O–H groups in total. The quantitative estimate of drug-likeness (QED) is 0.172. The van der Waals surface area contributed by atoms with Crippen LogP contribution in [0.5, 0.6) is 0 Å². The molecule has 2 heterocycles. The van der Waals surface area contributed by atoms with Crippen molar-refractivity contribution in [3.05, 3.63) is 188 Å². The summed E-state index contributed by atoms with van der Waals surface area (Å²) in [6.45, 7) is 0. The van der Waals surface area contributed by atoms with Crippen LogP contribution in [0.3, 0.4) is 0 Å². The normalized spacial score (nSPS) is 11.8. The first-order chi connectivity index (χ1) is 26.3. The van der Waals surface area contributed by atoms with Crippen molar-refractivity contribution in [2.24, 2.45) is 0 Å². The summed E-state index contributed by atoms with van der Waals surface area (Å²) < 4.78 is 5.31. The zero-order chi connectivity index (χ0) is 34.9. The van der Waals surface area contributed by atoms with E-state index in [-0.39, 0.29) is 0 Å². The Bertz CT molecular complexity index is 3160. The van der Waals surface area contributed by atoms with Crippen molar-refractivity contribution >= 4 is 102 Å². The third-order valence-electron chi connectivity index (χ3n) is 10.7. The van der Waals surface area contributed by atoms with Crippen molar-refractivity contribution in [1.82, 2.24) is 0 Å². The number of nitrogens with zero attached hydrogens (tertiary/aromatic N) is 1. The first-order valence-corrected chi connectivity index (χ1v) is 19.6. The van der Waals surface area contributed by atoms with Crippen LogP contribution in [0.4, 0.5) is 17.1 Å².